The van der Waals surface area contributed by atoms with Crippen LogP contribution in [0.25, 0.3) is 0 Å². The van der Waals surface area contributed by atoms with Gasteiger partial charge in [0, 0.05) is 53.7 Å². The van der Waals surface area contributed by atoms with Crippen LogP contribution in [0.3, 0.4) is 0 Å². The van der Waals surface area contributed by atoms with Crippen molar-refractivity contribution in [3.05, 3.63) is 21.9 Å². The summed E-state index contributed by atoms with van der Waals surface area (Å²) in [6.07, 6.45) is 3.71. The van der Waals surface area contributed by atoms with Crippen LogP contribution >= 0.6 is 11.3 Å². The van der Waals surface area contributed by atoms with E-state index in [0.29, 0.717) is 19.0 Å². The monoisotopic (exact) mass is 335 g/mol. The molecule has 1 aromatic heterocycles. The summed E-state index contributed by atoms with van der Waals surface area (Å²) in [6, 6.07) is 4.67. The molecule has 2 atom stereocenters. The number of aryl methyl sites for hydroxylation is 1. The highest BCUT2D eigenvalue weighted by molar-refractivity contribution is 7.11. The largest absolute Gasteiger partial charge is 0.339 e. The molecule has 0 radical (unpaired) electrons. The van der Waals surface area contributed by atoms with Crippen molar-refractivity contribution < 1.29 is 9.59 Å². The first kappa shape index (κ1) is 16.3. The molecule has 1 aliphatic heterocycles. The normalized spacial score (nSPS) is 22.3. The fourth-order valence-corrected chi connectivity index (χ4v) is 4.16. The van der Waals surface area contributed by atoms with Gasteiger partial charge in [-0.2, -0.15) is 0 Å². The maximum absolute atomic E-state index is 12.0. The average Bonchev–Trinajstić information content (AvgIpc) is 3.15. The van der Waals surface area contributed by atoms with Gasteiger partial charge in [-0.3, -0.25) is 4.79 Å². The molecule has 1 aromatic rings. The fraction of sp³-hybridized carbons (Fsp3) is 0.647. The van der Waals surface area contributed by atoms with E-state index in [1.807, 2.05) is 11.8 Å². The standard InChI is InChI=1S/C17H25N3O2S/c1-11(7-15-6-3-12(2)23-15)19-17(22)18-9-13-8-16(21)20(10-13)14-4-5-14/h3,6,11,13-14H,4-5,7-10H2,1-2H3,(H2,18,19,22)/t11-,13-/m1/s1. The summed E-state index contributed by atoms with van der Waals surface area (Å²) in [7, 11) is 0. The molecular formula is C17H25N3O2S. The van der Waals surface area contributed by atoms with Crippen molar-refractivity contribution >= 4 is 23.3 Å². The number of thiophene rings is 1. The SMILES string of the molecule is Cc1ccc(C[C@@H](C)NC(=O)NC[C@H]2CC(=O)N(C3CC3)C2)s1. The van der Waals surface area contributed by atoms with Crippen molar-refractivity contribution in [1.29, 1.82) is 0 Å². The average molecular weight is 335 g/mol. The lowest BCUT2D eigenvalue weighted by Crippen LogP contribution is -2.43. The molecule has 2 heterocycles. The van der Waals surface area contributed by atoms with E-state index in [-0.39, 0.29) is 23.9 Å². The Morgan fingerprint density at radius 1 is 1.43 bits per heavy atom. The minimum absolute atomic E-state index is 0.0984. The third kappa shape index (κ3) is 4.47. The minimum Gasteiger partial charge on any atom is -0.339 e. The van der Waals surface area contributed by atoms with Gasteiger partial charge in [0.25, 0.3) is 0 Å². The molecule has 1 aliphatic carbocycles. The summed E-state index contributed by atoms with van der Waals surface area (Å²) in [5, 5.41) is 5.90. The molecule has 1 saturated heterocycles. The number of urea groups is 1. The molecule has 1 saturated carbocycles. The lowest BCUT2D eigenvalue weighted by molar-refractivity contribution is -0.128. The van der Waals surface area contributed by atoms with Crippen molar-refractivity contribution in [2.75, 3.05) is 13.1 Å². The molecule has 0 spiro atoms. The molecule has 3 amide bonds. The van der Waals surface area contributed by atoms with Crippen LogP contribution in [0.1, 0.15) is 35.9 Å². The van der Waals surface area contributed by atoms with E-state index in [0.717, 1.165) is 25.8 Å². The molecule has 5 nitrogen and oxygen atoms in total. The number of rotatable bonds is 6. The summed E-state index contributed by atoms with van der Waals surface area (Å²) in [5.74, 6) is 0.505. The molecule has 2 N–H and O–H groups in total. The van der Waals surface area contributed by atoms with Gasteiger partial charge < -0.3 is 15.5 Å². The maximum atomic E-state index is 12.0. The second-order valence-electron chi connectivity index (χ2n) is 6.82. The Morgan fingerprint density at radius 3 is 2.87 bits per heavy atom. The number of carbonyl (C=O) groups excluding carboxylic acids is 2. The van der Waals surface area contributed by atoms with Crippen LogP contribution in [-0.2, 0) is 11.2 Å². The van der Waals surface area contributed by atoms with E-state index in [1.165, 1.54) is 9.75 Å². The van der Waals surface area contributed by atoms with Gasteiger partial charge >= 0.3 is 6.03 Å². The van der Waals surface area contributed by atoms with E-state index in [2.05, 4.69) is 29.7 Å². The molecule has 0 unspecified atom stereocenters. The Labute approximate surface area is 141 Å². The van der Waals surface area contributed by atoms with Crippen molar-refractivity contribution in [2.24, 2.45) is 5.92 Å². The molecule has 0 aromatic carbocycles. The molecule has 23 heavy (non-hydrogen) atoms. The third-order valence-electron chi connectivity index (χ3n) is 4.46. The van der Waals surface area contributed by atoms with E-state index >= 15 is 0 Å². The van der Waals surface area contributed by atoms with E-state index < -0.39 is 0 Å². The van der Waals surface area contributed by atoms with Crippen molar-refractivity contribution in [1.82, 2.24) is 15.5 Å². The topological polar surface area (TPSA) is 61.4 Å². The Hall–Kier alpha value is -1.56. The summed E-state index contributed by atoms with van der Waals surface area (Å²) in [6.45, 7) is 5.48. The van der Waals surface area contributed by atoms with Gasteiger partial charge in [0.1, 0.15) is 0 Å². The summed E-state index contributed by atoms with van der Waals surface area (Å²) >= 11 is 1.77. The lowest BCUT2D eigenvalue weighted by Gasteiger charge is -2.17. The zero-order valence-electron chi connectivity index (χ0n) is 13.8. The van der Waals surface area contributed by atoms with Gasteiger partial charge in [-0.1, -0.05) is 0 Å². The highest BCUT2D eigenvalue weighted by Crippen LogP contribution is 2.32. The number of likely N-dealkylation sites (tertiary alicyclic amines) is 1. The zero-order valence-corrected chi connectivity index (χ0v) is 14.6. The van der Waals surface area contributed by atoms with Crippen molar-refractivity contribution in [3.63, 3.8) is 0 Å². The van der Waals surface area contributed by atoms with Crippen LogP contribution < -0.4 is 10.6 Å². The van der Waals surface area contributed by atoms with Gasteiger partial charge in [-0.05, 0) is 38.8 Å². The second kappa shape index (κ2) is 6.91. The summed E-state index contributed by atoms with van der Waals surface area (Å²) in [4.78, 5) is 28.5. The molecular weight excluding hydrogens is 310 g/mol. The summed E-state index contributed by atoms with van der Waals surface area (Å²) < 4.78 is 0. The predicted octanol–water partition coefficient (Wildman–Crippen LogP) is 2.30. The fourth-order valence-electron chi connectivity index (χ4n) is 3.14. The van der Waals surface area contributed by atoms with E-state index in [1.54, 1.807) is 11.3 Å². The van der Waals surface area contributed by atoms with Crippen LogP contribution in [0.4, 0.5) is 4.79 Å². The maximum Gasteiger partial charge on any atom is 0.315 e. The minimum atomic E-state index is -0.136. The summed E-state index contributed by atoms with van der Waals surface area (Å²) in [5.41, 5.74) is 0. The van der Waals surface area contributed by atoms with Gasteiger partial charge in [-0.15, -0.1) is 11.3 Å². The van der Waals surface area contributed by atoms with E-state index in [4.69, 9.17) is 0 Å². The highest BCUT2D eigenvalue weighted by atomic mass is 32.1. The first-order valence-corrected chi connectivity index (χ1v) is 9.22. The van der Waals surface area contributed by atoms with Gasteiger partial charge in [0.05, 0.1) is 0 Å². The third-order valence-corrected chi connectivity index (χ3v) is 5.48. The van der Waals surface area contributed by atoms with Crippen LogP contribution in [0.2, 0.25) is 0 Å². The Bertz CT molecular complexity index is 582. The van der Waals surface area contributed by atoms with Crippen LogP contribution in [-0.4, -0.2) is 42.0 Å². The van der Waals surface area contributed by atoms with Crippen LogP contribution in [0.15, 0.2) is 12.1 Å². The Balaban J connectivity index is 1.37. The second-order valence-corrected chi connectivity index (χ2v) is 8.19. The Morgan fingerprint density at radius 2 is 2.22 bits per heavy atom. The molecule has 2 aliphatic rings. The van der Waals surface area contributed by atoms with Gasteiger partial charge in [-0.25, -0.2) is 4.79 Å². The molecule has 6 heteroatoms. The number of hydrogen-bond donors (Lipinski definition) is 2. The van der Waals surface area contributed by atoms with Crippen molar-refractivity contribution in [3.8, 4) is 0 Å². The zero-order chi connectivity index (χ0) is 16.4. The lowest BCUT2D eigenvalue weighted by atomic mass is 10.1. The smallest absolute Gasteiger partial charge is 0.315 e. The van der Waals surface area contributed by atoms with Gasteiger partial charge in [0.15, 0.2) is 0 Å². The number of amides is 3. The number of hydrogen-bond acceptors (Lipinski definition) is 3. The van der Waals surface area contributed by atoms with Crippen molar-refractivity contribution in [2.45, 2.75) is 51.6 Å². The van der Waals surface area contributed by atoms with Gasteiger partial charge in [0.2, 0.25) is 5.91 Å². The van der Waals surface area contributed by atoms with Crippen LogP contribution in [0.5, 0.6) is 0 Å². The number of nitrogens with one attached hydrogen (secondary N) is 2. The first-order valence-electron chi connectivity index (χ1n) is 8.40. The van der Waals surface area contributed by atoms with Crippen LogP contribution in [0, 0.1) is 12.8 Å². The first-order chi connectivity index (χ1) is 11.0. The molecule has 0 bridgehead atoms. The molecule has 2 fully saturated rings. The molecule has 126 valence electrons. The molecule has 3 rings (SSSR count). The number of nitrogens with zero attached hydrogens (tertiary/aromatic N) is 1. The van der Waals surface area contributed by atoms with E-state index in [9.17, 15) is 9.59 Å². The Kier molecular flexibility index (Phi) is 4.90. The quantitative estimate of drug-likeness (QED) is 0.838. The number of carbonyl (C=O) groups is 2. The highest BCUT2D eigenvalue weighted by Gasteiger charge is 2.39. The predicted molar refractivity (Wildman–Crippen MR) is 91.6 cm³/mol.